The molecule has 1 heterocycles. The van der Waals surface area contributed by atoms with E-state index in [1.165, 1.54) is 6.08 Å². The second-order valence-electron chi connectivity index (χ2n) is 5.09. The smallest absolute Gasteiger partial charge is 0.257 e. The van der Waals surface area contributed by atoms with E-state index >= 15 is 0 Å². The van der Waals surface area contributed by atoms with Gasteiger partial charge in [-0.1, -0.05) is 34.3 Å². The van der Waals surface area contributed by atoms with Gasteiger partial charge in [0.2, 0.25) is 0 Å². The Balaban J connectivity index is 3.39. The first-order valence-corrected chi connectivity index (χ1v) is 6.60. The molecular weight excluding hydrogens is 241 g/mol. The van der Waals surface area contributed by atoms with Gasteiger partial charge in [-0.3, -0.25) is 4.99 Å². The molecule has 1 rings (SSSR count). The van der Waals surface area contributed by atoms with E-state index in [-0.39, 0.29) is 5.92 Å². The van der Waals surface area contributed by atoms with Crippen molar-refractivity contribution in [3.05, 3.63) is 24.0 Å². The van der Waals surface area contributed by atoms with Gasteiger partial charge < -0.3 is 0 Å². The minimum absolute atomic E-state index is 0.106. The summed E-state index contributed by atoms with van der Waals surface area (Å²) in [5.74, 6) is 0.964. The summed E-state index contributed by atoms with van der Waals surface area (Å²) < 4.78 is 13.5. The van der Waals surface area contributed by atoms with Gasteiger partial charge in [0.15, 0.2) is 0 Å². The minimum atomic E-state index is -0.720. The van der Waals surface area contributed by atoms with E-state index in [0.29, 0.717) is 28.9 Å². The molecule has 0 spiro atoms. The first kappa shape index (κ1) is 15.5. The molecular formula is C15H22FN3. The van der Waals surface area contributed by atoms with Crippen LogP contribution in [0, 0.1) is 17.9 Å². The number of hydrogen-bond acceptors (Lipinski definition) is 3. The normalized spacial score (nSPS) is 14.9. The van der Waals surface area contributed by atoms with Crippen molar-refractivity contribution >= 4 is 18.0 Å². The van der Waals surface area contributed by atoms with Crippen molar-refractivity contribution in [1.82, 2.24) is 9.97 Å². The highest BCUT2D eigenvalue weighted by Gasteiger charge is 2.24. The SMILES string of the molecule is C=Cc1nc(F)nc(C(C)C(C)C(C)C)c1N=CC. The molecule has 1 aromatic rings. The van der Waals surface area contributed by atoms with E-state index in [4.69, 9.17) is 0 Å². The van der Waals surface area contributed by atoms with Crippen molar-refractivity contribution in [2.45, 2.75) is 40.5 Å². The Morgan fingerprint density at radius 2 is 1.84 bits per heavy atom. The van der Waals surface area contributed by atoms with Gasteiger partial charge in [0, 0.05) is 12.1 Å². The van der Waals surface area contributed by atoms with E-state index in [2.05, 4.69) is 42.3 Å². The van der Waals surface area contributed by atoms with Gasteiger partial charge in [-0.2, -0.15) is 4.39 Å². The minimum Gasteiger partial charge on any atom is -0.257 e. The van der Waals surface area contributed by atoms with Crippen molar-refractivity contribution in [2.24, 2.45) is 16.8 Å². The van der Waals surface area contributed by atoms with Crippen LogP contribution in [0.5, 0.6) is 0 Å². The van der Waals surface area contributed by atoms with Crippen LogP contribution in [0.1, 0.15) is 51.9 Å². The maximum atomic E-state index is 13.5. The standard InChI is InChI=1S/C15H22FN3/c1-7-12-14(17-8-2)13(19-15(16)18-12)11(6)10(5)9(3)4/h7-11H,1H2,2-6H3. The monoisotopic (exact) mass is 263 g/mol. The lowest BCUT2D eigenvalue weighted by molar-refractivity contribution is 0.354. The molecule has 0 fully saturated rings. The first-order chi connectivity index (χ1) is 8.92. The van der Waals surface area contributed by atoms with E-state index in [0.717, 1.165) is 0 Å². The molecule has 19 heavy (non-hydrogen) atoms. The van der Waals surface area contributed by atoms with Crippen LogP contribution in [0.4, 0.5) is 10.1 Å². The van der Waals surface area contributed by atoms with Crippen molar-refractivity contribution < 1.29 is 4.39 Å². The lowest BCUT2D eigenvalue weighted by atomic mass is 9.83. The average Bonchev–Trinajstić information content (AvgIpc) is 2.38. The molecule has 104 valence electrons. The summed E-state index contributed by atoms with van der Waals surface area (Å²) in [7, 11) is 0. The molecule has 4 heteroatoms. The zero-order valence-electron chi connectivity index (χ0n) is 12.3. The maximum absolute atomic E-state index is 13.5. The summed E-state index contributed by atoms with van der Waals surface area (Å²) >= 11 is 0. The molecule has 0 amide bonds. The Hall–Kier alpha value is -1.58. The lowest BCUT2D eigenvalue weighted by Crippen LogP contribution is -2.15. The number of rotatable bonds is 5. The van der Waals surface area contributed by atoms with Gasteiger partial charge in [-0.05, 0) is 24.8 Å². The fraction of sp³-hybridized carbons (Fsp3) is 0.533. The Kier molecular flexibility index (Phi) is 5.33. The molecule has 0 aromatic carbocycles. The molecule has 3 nitrogen and oxygen atoms in total. The highest BCUT2D eigenvalue weighted by Crippen LogP contribution is 2.35. The molecule has 2 atom stereocenters. The highest BCUT2D eigenvalue weighted by atomic mass is 19.1. The lowest BCUT2D eigenvalue weighted by Gasteiger charge is -2.24. The fourth-order valence-electron chi connectivity index (χ4n) is 2.01. The van der Waals surface area contributed by atoms with Gasteiger partial charge in [0.25, 0.3) is 0 Å². The van der Waals surface area contributed by atoms with Gasteiger partial charge in [-0.25, -0.2) is 9.97 Å². The van der Waals surface area contributed by atoms with Crippen LogP contribution in [-0.4, -0.2) is 16.2 Å². The molecule has 2 unspecified atom stereocenters. The number of aliphatic imine (C=N–C) groups is 1. The van der Waals surface area contributed by atoms with E-state index < -0.39 is 6.08 Å². The third kappa shape index (κ3) is 3.46. The van der Waals surface area contributed by atoms with E-state index in [1.807, 2.05) is 13.8 Å². The maximum Gasteiger partial charge on any atom is 0.309 e. The average molecular weight is 263 g/mol. The van der Waals surface area contributed by atoms with E-state index in [9.17, 15) is 4.39 Å². The molecule has 0 bridgehead atoms. The molecule has 0 saturated carbocycles. The number of nitrogens with zero attached hydrogens (tertiary/aromatic N) is 3. The van der Waals surface area contributed by atoms with Crippen LogP contribution in [0.3, 0.4) is 0 Å². The summed E-state index contributed by atoms with van der Waals surface area (Å²) in [5, 5.41) is 0. The zero-order valence-corrected chi connectivity index (χ0v) is 12.3. The van der Waals surface area contributed by atoms with Gasteiger partial charge in [0.05, 0.1) is 11.4 Å². The predicted octanol–water partition coefficient (Wildman–Crippen LogP) is 4.38. The number of halogens is 1. The molecule has 0 aliphatic rings. The zero-order chi connectivity index (χ0) is 14.6. The Morgan fingerprint density at radius 3 is 2.32 bits per heavy atom. The predicted molar refractivity (Wildman–Crippen MR) is 78.3 cm³/mol. The Morgan fingerprint density at radius 1 is 1.21 bits per heavy atom. The van der Waals surface area contributed by atoms with Crippen molar-refractivity contribution in [1.29, 1.82) is 0 Å². The van der Waals surface area contributed by atoms with Crippen LogP contribution in [0.15, 0.2) is 11.6 Å². The third-order valence-electron chi connectivity index (χ3n) is 3.63. The second-order valence-corrected chi connectivity index (χ2v) is 5.09. The van der Waals surface area contributed by atoms with Crippen LogP contribution in [0.2, 0.25) is 0 Å². The number of aromatic nitrogens is 2. The van der Waals surface area contributed by atoms with Gasteiger partial charge >= 0.3 is 6.08 Å². The summed E-state index contributed by atoms with van der Waals surface area (Å²) in [6, 6.07) is 0. The fourth-order valence-corrected chi connectivity index (χ4v) is 2.01. The third-order valence-corrected chi connectivity index (χ3v) is 3.63. The second kappa shape index (κ2) is 6.55. The van der Waals surface area contributed by atoms with Gasteiger partial charge in [0.1, 0.15) is 5.69 Å². The molecule has 0 radical (unpaired) electrons. The number of hydrogen-bond donors (Lipinski definition) is 0. The van der Waals surface area contributed by atoms with Crippen LogP contribution in [-0.2, 0) is 0 Å². The van der Waals surface area contributed by atoms with Crippen LogP contribution >= 0.6 is 0 Å². The summed E-state index contributed by atoms with van der Waals surface area (Å²) in [4.78, 5) is 12.0. The molecule has 0 aliphatic heterocycles. The van der Waals surface area contributed by atoms with Crippen LogP contribution in [0.25, 0.3) is 6.08 Å². The molecule has 0 N–H and O–H groups in total. The molecule has 0 saturated heterocycles. The summed E-state index contributed by atoms with van der Waals surface area (Å²) in [6.45, 7) is 14.0. The van der Waals surface area contributed by atoms with Gasteiger partial charge in [-0.15, -0.1) is 0 Å². The van der Waals surface area contributed by atoms with Crippen molar-refractivity contribution in [3.63, 3.8) is 0 Å². The van der Waals surface area contributed by atoms with E-state index in [1.54, 1.807) is 6.21 Å². The Labute approximate surface area is 114 Å². The van der Waals surface area contributed by atoms with Crippen molar-refractivity contribution in [2.75, 3.05) is 0 Å². The first-order valence-electron chi connectivity index (χ1n) is 6.60. The largest absolute Gasteiger partial charge is 0.309 e. The molecule has 1 aromatic heterocycles. The highest BCUT2D eigenvalue weighted by molar-refractivity contribution is 5.68. The topological polar surface area (TPSA) is 38.1 Å². The summed E-state index contributed by atoms with van der Waals surface area (Å²) in [5.41, 5.74) is 1.73. The van der Waals surface area contributed by atoms with Crippen molar-refractivity contribution in [3.8, 4) is 0 Å². The summed E-state index contributed by atoms with van der Waals surface area (Å²) in [6.07, 6.45) is 2.46. The quantitative estimate of drug-likeness (QED) is 0.584. The van der Waals surface area contributed by atoms with Crippen LogP contribution < -0.4 is 0 Å². The Bertz CT molecular complexity index is 481. The molecule has 0 aliphatic carbocycles.